The van der Waals surface area contributed by atoms with Crippen LogP contribution in [0.5, 0.6) is 5.75 Å². The molecule has 0 amide bonds. The first-order chi connectivity index (χ1) is 11.7. The van der Waals surface area contributed by atoms with Gasteiger partial charge >= 0.3 is 0 Å². The van der Waals surface area contributed by atoms with E-state index in [2.05, 4.69) is 5.10 Å². The van der Waals surface area contributed by atoms with Gasteiger partial charge in [0.15, 0.2) is 5.75 Å². The molecule has 1 unspecified atom stereocenters. The molecule has 1 aromatic carbocycles. The van der Waals surface area contributed by atoms with E-state index in [4.69, 9.17) is 4.74 Å². The zero-order chi connectivity index (χ0) is 16.6. The number of aromatic nitrogens is 1. The van der Waals surface area contributed by atoms with Crippen LogP contribution in [0.2, 0.25) is 0 Å². The van der Waals surface area contributed by atoms with Crippen LogP contribution >= 0.6 is 0 Å². The highest BCUT2D eigenvalue weighted by atomic mass is 16.5. The van der Waals surface area contributed by atoms with Crippen LogP contribution in [0.15, 0.2) is 52.5 Å². The van der Waals surface area contributed by atoms with Crippen molar-refractivity contribution in [3.05, 3.63) is 64.1 Å². The molecule has 5 heteroatoms. The summed E-state index contributed by atoms with van der Waals surface area (Å²) in [6, 6.07) is 11.1. The molecule has 1 aliphatic carbocycles. The molecule has 4 rings (SSSR count). The van der Waals surface area contributed by atoms with Crippen LogP contribution in [0.4, 0.5) is 0 Å². The van der Waals surface area contributed by atoms with Crippen LogP contribution in [-0.2, 0) is 6.61 Å². The van der Waals surface area contributed by atoms with Gasteiger partial charge in [-0.05, 0) is 18.4 Å². The van der Waals surface area contributed by atoms with Gasteiger partial charge in [0.2, 0.25) is 5.43 Å². The molecule has 1 saturated carbocycles. The quantitative estimate of drug-likeness (QED) is 0.944. The van der Waals surface area contributed by atoms with E-state index in [1.807, 2.05) is 36.5 Å². The average molecular weight is 324 g/mol. The van der Waals surface area contributed by atoms with Crippen molar-refractivity contribution in [1.29, 1.82) is 0 Å². The molecule has 5 nitrogen and oxygen atoms in total. The Morgan fingerprint density at radius 1 is 1.21 bits per heavy atom. The first-order valence-corrected chi connectivity index (χ1v) is 8.35. The van der Waals surface area contributed by atoms with Crippen LogP contribution in [0.3, 0.4) is 0 Å². The van der Waals surface area contributed by atoms with Crippen molar-refractivity contribution in [3.8, 4) is 5.75 Å². The maximum atomic E-state index is 12.4. The Bertz CT molecular complexity index is 820. The minimum atomic E-state index is -0.767. The predicted octanol–water partition coefficient (Wildman–Crippen LogP) is 2.87. The van der Waals surface area contributed by atoms with Gasteiger partial charge in [-0.2, -0.15) is 5.10 Å². The predicted molar refractivity (Wildman–Crippen MR) is 91.2 cm³/mol. The van der Waals surface area contributed by atoms with Crippen LogP contribution in [-0.4, -0.2) is 16.0 Å². The zero-order valence-corrected chi connectivity index (χ0v) is 13.4. The molecule has 124 valence electrons. The summed E-state index contributed by atoms with van der Waals surface area (Å²) in [6.45, 7) is 0.288. The van der Waals surface area contributed by atoms with Crippen molar-refractivity contribution in [1.82, 2.24) is 4.68 Å². The summed E-state index contributed by atoms with van der Waals surface area (Å²) < 4.78 is 7.39. The van der Waals surface area contributed by atoms with Gasteiger partial charge in [0, 0.05) is 23.9 Å². The Morgan fingerprint density at radius 2 is 1.96 bits per heavy atom. The molecular formula is C19H20N2O3. The fraction of sp³-hybridized carbons (Fsp3) is 0.368. The third kappa shape index (κ3) is 2.45. The molecule has 0 saturated heterocycles. The van der Waals surface area contributed by atoms with E-state index in [0.29, 0.717) is 5.69 Å². The van der Waals surface area contributed by atoms with Gasteiger partial charge in [-0.25, -0.2) is 4.68 Å². The van der Waals surface area contributed by atoms with Crippen molar-refractivity contribution < 1.29 is 9.84 Å². The standard InChI is InChI=1S/C19H20N2O3/c22-15-8-11-21-16(17(15)24-12-14-6-2-1-3-7-14)18(23)19(13-20-21)9-4-5-10-19/h1-3,6-8,11,13,18,23H,4-5,9-10,12H2. The number of ether oxygens (including phenoxy) is 1. The lowest BCUT2D eigenvalue weighted by molar-refractivity contribution is 0.0614. The van der Waals surface area contributed by atoms with E-state index < -0.39 is 6.10 Å². The third-order valence-corrected chi connectivity index (χ3v) is 5.07. The van der Waals surface area contributed by atoms with Gasteiger partial charge in [-0.1, -0.05) is 43.2 Å². The number of nitrogens with zero attached hydrogens (tertiary/aromatic N) is 2. The second-order valence-corrected chi connectivity index (χ2v) is 6.60. The molecule has 24 heavy (non-hydrogen) atoms. The highest BCUT2D eigenvalue weighted by Gasteiger charge is 2.45. The van der Waals surface area contributed by atoms with Crippen molar-refractivity contribution in [3.63, 3.8) is 0 Å². The average Bonchev–Trinajstić information content (AvgIpc) is 3.08. The van der Waals surface area contributed by atoms with Gasteiger partial charge < -0.3 is 9.84 Å². The lowest BCUT2D eigenvalue weighted by atomic mass is 9.79. The Kier molecular flexibility index (Phi) is 3.73. The molecule has 1 spiro atoms. The number of rotatable bonds is 3. The third-order valence-electron chi connectivity index (χ3n) is 5.07. The monoisotopic (exact) mass is 324 g/mol. The van der Waals surface area contributed by atoms with Crippen LogP contribution in [0.25, 0.3) is 0 Å². The van der Waals surface area contributed by atoms with Crippen LogP contribution in [0, 0.1) is 5.41 Å². The van der Waals surface area contributed by atoms with Crippen LogP contribution in [0.1, 0.15) is 43.0 Å². The SMILES string of the molecule is O=c1ccn2c(c1OCc1ccccc1)C(O)C1(C=N2)CCCC1. The van der Waals surface area contributed by atoms with Crippen molar-refractivity contribution in [2.75, 3.05) is 0 Å². The minimum absolute atomic E-state index is 0.206. The number of aliphatic hydroxyl groups is 1. The summed E-state index contributed by atoms with van der Waals surface area (Å²) in [4.78, 5) is 12.4. The Balaban J connectivity index is 1.71. The normalized spacial score (nSPS) is 21.0. The fourth-order valence-electron chi connectivity index (χ4n) is 3.71. The van der Waals surface area contributed by atoms with Crippen molar-refractivity contribution in [2.45, 2.75) is 38.4 Å². The second-order valence-electron chi connectivity index (χ2n) is 6.60. The molecule has 0 radical (unpaired) electrons. The molecule has 2 aliphatic rings. The second kappa shape index (κ2) is 5.91. The van der Waals surface area contributed by atoms with E-state index in [0.717, 1.165) is 31.2 Å². The molecule has 1 fully saturated rings. The molecule has 2 heterocycles. The fourth-order valence-corrected chi connectivity index (χ4v) is 3.71. The van der Waals surface area contributed by atoms with Crippen molar-refractivity contribution >= 4 is 6.21 Å². The topological polar surface area (TPSA) is 63.8 Å². The summed E-state index contributed by atoms with van der Waals surface area (Å²) in [5.74, 6) is 0.206. The van der Waals surface area contributed by atoms with Crippen molar-refractivity contribution in [2.24, 2.45) is 10.5 Å². The Labute approximate surface area is 140 Å². The maximum absolute atomic E-state index is 12.4. The van der Waals surface area contributed by atoms with Gasteiger partial charge in [0.25, 0.3) is 0 Å². The maximum Gasteiger partial charge on any atom is 0.223 e. The smallest absolute Gasteiger partial charge is 0.223 e. The number of aliphatic hydroxyl groups excluding tert-OH is 1. The molecule has 1 atom stereocenters. The van der Waals surface area contributed by atoms with Gasteiger partial charge in [-0.3, -0.25) is 4.79 Å². The van der Waals surface area contributed by atoms with Crippen LogP contribution < -0.4 is 10.2 Å². The molecule has 1 N–H and O–H groups in total. The summed E-state index contributed by atoms with van der Waals surface area (Å²) in [6.07, 6.45) is 6.59. The number of hydrogen-bond donors (Lipinski definition) is 1. The lowest BCUT2D eigenvalue weighted by Gasteiger charge is -2.35. The number of benzene rings is 1. The molecular weight excluding hydrogens is 304 g/mol. The highest BCUT2D eigenvalue weighted by Crippen LogP contribution is 2.49. The number of hydrogen-bond acceptors (Lipinski definition) is 4. The molecule has 1 aliphatic heterocycles. The summed E-state index contributed by atoms with van der Waals surface area (Å²) in [7, 11) is 0. The minimum Gasteiger partial charge on any atom is -0.483 e. The van der Waals surface area contributed by atoms with E-state index >= 15 is 0 Å². The van der Waals surface area contributed by atoms with E-state index in [-0.39, 0.29) is 23.2 Å². The first kappa shape index (κ1) is 15.1. The molecule has 1 aromatic heterocycles. The largest absolute Gasteiger partial charge is 0.483 e. The molecule has 2 aromatic rings. The lowest BCUT2D eigenvalue weighted by Crippen LogP contribution is -2.35. The zero-order valence-electron chi connectivity index (χ0n) is 13.4. The van der Waals surface area contributed by atoms with E-state index in [9.17, 15) is 9.90 Å². The summed E-state index contributed by atoms with van der Waals surface area (Å²) >= 11 is 0. The van der Waals surface area contributed by atoms with E-state index in [1.54, 1.807) is 10.9 Å². The Hall–Kier alpha value is -2.40. The first-order valence-electron chi connectivity index (χ1n) is 8.35. The molecule has 0 bridgehead atoms. The number of fused-ring (bicyclic) bond motifs is 1. The van der Waals surface area contributed by atoms with Gasteiger partial charge in [-0.15, -0.1) is 0 Å². The summed E-state index contributed by atoms with van der Waals surface area (Å²) in [5, 5.41) is 15.4. The van der Waals surface area contributed by atoms with Gasteiger partial charge in [0.05, 0.1) is 0 Å². The number of pyridine rings is 1. The summed E-state index contributed by atoms with van der Waals surface area (Å²) in [5.41, 5.74) is 0.867. The Morgan fingerprint density at radius 3 is 2.71 bits per heavy atom. The van der Waals surface area contributed by atoms with Gasteiger partial charge in [0.1, 0.15) is 18.4 Å². The highest BCUT2D eigenvalue weighted by molar-refractivity contribution is 5.69. The van der Waals surface area contributed by atoms with E-state index in [1.165, 1.54) is 6.07 Å².